The van der Waals surface area contributed by atoms with Crippen molar-refractivity contribution < 1.29 is 13.5 Å². The summed E-state index contributed by atoms with van der Waals surface area (Å²) in [6, 6.07) is 2.82. The van der Waals surface area contributed by atoms with Gasteiger partial charge in [0.15, 0.2) is 0 Å². The molecule has 0 amide bonds. The maximum absolute atomic E-state index is 12.0. The highest BCUT2D eigenvalue weighted by atomic mass is 32.2. The van der Waals surface area contributed by atoms with Gasteiger partial charge in [0.2, 0.25) is 10.0 Å². The lowest BCUT2D eigenvalue weighted by Crippen LogP contribution is -2.34. The summed E-state index contributed by atoms with van der Waals surface area (Å²) in [5.41, 5.74) is 0.518. The summed E-state index contributed by atoms with van der Waals surface area (Å²) in [5, 5.41) is 9.39. The van der Waals surface area contributed by atoms with E-state index in [1.807, 2.05) is 0 Å². The monoisotopic (exact) mass is 255 g/mol. The van der Waals surface area contributed by atoms with E-state index in [1.165, 1.54) is 6.20 Å². The van der Waals surface area contributed by atoms with Crippen LogP contribution in [0.15, 0.2) is 29.4 Å². The minimum Gasteiger partial charge on any atom is -0.395 e. The summed E-state index contributed by atoms with van der Waals surface area (Å²) in [7, 11) is -3.64. The molecule has 17 heavy (non-hydrogen) atoms. The number of hydrogen-bond donors (Lipinski definition) is 3. The van der Waals surface area contributed by atoms with Crippen molar-refractivity contribution in [1.29, 1.82) is 0 Å². The fourth-order valence-corrected chi connectivity index (χ4v) is 2.92. The molecule has 1 atom stereocenters. The van der Waals surface area contributed by atoms with E-state index in [2.05, 4.69) is 14.7 Å². The Balaban J connectivity index is 2.46. The molecule has 0 fully saturated rings. The van der Waals surface area contributed by atoms with Gasteiger partial charge in [-0.1, -0.05) is 0 Å². The van der Waals surface area contributed by atoms with Crippen LogP contribution in [0.25, 0.3) is 11.0 Å². The van der Waals surface area contributed by atoms with Crippen molar-refractivity contribution in [2.75, 3.05) is 6.61 Å². The minimum absolute atomic E-state index is 0.140. The van der Waals surface area contributed by atoms with E-state index in [9.17, 15) is 8.42 Å². The molecule has 2 rings (SSSR count). The number of sulfonamides is 1. The molecule has 0 aliphatic carbocycles. The van der Waals surface area contributed by atoms with Crippen LogP contribution < -0.4 is 4.72 Å². The Kier molecular flexibility index (Phi) is 3.14. The first kappa shape index (κ1) is 12.0. The molecule has 0 aliphatic heterocycles. The van der Waals surface area contributed by atoms with Gasteiger partial charge in [0.1, 0.15) is 10.5 Å². The van der Waals surface area contributed by atoms with Crippen LogP contribution >= 0.6 is 0 Å². The van der Waals surface area contributed by atoms with Crippen molar-refractivity contribution in [3.63, 3.8) is 0 Å². The van der Waals surface area contributed by atoms with Crippen LogP contribution in [-0.2, 0) is 10.0 Å². The number of pyridine rings is 1. The third-order valence-corrected chi connectivity index (χ3v) is 3.96. The minimum atomic E-state index is -3.64. The Morgan fingerprint density at radius 3 is 3.06 bits per heavy atom. The quantitative estimate of drug-likeness (QED) is 0.728. The Labute approximate surface area is 98.7 Å². The maximum atomic E-state index is 12.0. The smallest absolute Gasteiger partial charge is 0.243 e. The van der Waals surface area contributed by atoms with Crippen molar-refractivity contribution in [3.05, 3.63) is 24.5 Å². The highest BCUT2D eigenvalue weighted by molar-refractivity contribution is 7.89. The second-order valence-corrected chi connectivity index (χ2v) is 5.44. The van der Waals surface area contributed by atoms with Crippen LogP contribution in [0, 0.1) is 0 Å². The van der Waals surface area contributed by atoms with Crippen LogP contribution in [0.3, 0.4) is 0 Å². The SMILES string of the molecule is C[C@H](CO)NS(=O)(=O)c1c[nH]c2ncccc12. The fourth-order valence-electron chi connectivity index (χ4n) is 1.52. The van der Waals surface area contributed by atoms with E-state index < -0.39 is 16.1 Å². The number of aliphatic hydroxyl groups is 1. The second-order valence-electron chi connectivity index (χ2n) is 3.76. The number of nitrogens with one attached hydrogen (secondary N) is 2. The molecule has 3 N–H and O–H groups in total. The van der Waals surface area contributed by atoms with Gasteiger partial charge >= 0.3 is 0 Å². The second kappa shape index (κ2) is 4.44. The standard InChI is InChI=1S/C10H13N3O3S/c1-7(6-14)13-17(15,16)9-5-12-10-8(9)3-2-4-11-10/h2-5,7,13-14H,6H2,1H3,(H,11,12)/t7-/m1/s1. The molecule has 2 heterocycles. The van der Waals surface area contributed by atoms with Crippen LogP contribution in [0.4, 0.5) is 0 Å². The molecular formula is C10H13N3O3S. The van der Waals surface area contributed by atoms with E-state index in [0.29, 0.717) is 11.0 Å². The Morgan fingerprint density at radius 1 is 1.59 bits per heavy atom. The van der Waals surface area contributed by atoms with Crippen LogP contribution in [-0.4, -0.2) is 36.1 Å². The zero-order valence-electron chi connectivity index (χ0n) is 9.21. The summed E-state index contributed by atoms with van der Waals surface area (Å²) in [6.45, 7) is 1.34. The number of fused-ring (bicyclic) bond motifs is 1. The lowest BCUT2D eigenvalue weighted by atomic mass is 10.3. The highest BCUT2D eigenvalue weighted by Gasteiger charge is 2.20. The molecule has 0 saturated heterocycles. The summed E-state index contributed by atoms with van der Waals surface area (Å²) < 4.78 is 26.4. The number of rotatable bonds is 4. The third kappa shape index (κ3) is 2.31. The first-order chi connectivity index (χ1) is 8.04. The van der Waals surface area contributed by atoms with Crippen LogP contribution in [0.5, 0.6) is 0 Å². The first-order valence-corrected chi connectivity index (χ1v) is 6.58. The van der Waals surface area contributed by atoms with Crippen LogP contribution in [0.2, 0.25) is 0 Å². The van der Waals surface area contributed by atoms with Gasteiger partial charge in [-0.05, 0) is 19.1 Å². The van der Waals surface area contributed by atoms with E-state index in [4.69, 9.17) is 5.11 Å². The molecule has 7 heteroatoms. The van der Waals surface area contributed by atoms with E-state index >= 15 is 0 Å². The Morgan fingerprint density at radius 2 is 2.35 bits per heavy atom. The number of nitrogens with zero attached hydrogens (tertiary/aromatic N) is 1. The summed E-state index contributed by atoms with van der Waals surface area (Å²) >= 11 is 0. The van der Waals surface area contributed by atoms with Crippen molar-refractivity contribution in [3.8, 4) is 0 Å². The van der Waals surface area contributed by atoms with Gasteiger partial charge < -0.3 is 10.1 Å². The average molecular weight is 255 g/mol. The molecule has 0 aromatic carbocycles. The topological polar surface area (TPSA) is 95.1 Å². The molecule has 0 bridgehead atoms. The average Bonchev–Trinajstić information content (AvgIpc) is 2.72. The molecule has 6 nitrogen and oxygen atoms in total. The predicted octanol–water partition coefficient (Wildman–Crippen LogP) is 0.222. The Bertz CT molecular complexity index is 621. The van der Waals surface area contributed by atoms with Crippen molar-refractivity contribution >= 4 is 21.1 Å². The molecule has 0 unspecified atom stereocenters. The fraction of sp³-hybridized carbons (Fsp3) is 0.300. The number of aromatic amines is 1. The van der Waals surface area contributed by atoms with Crippen molar-refractivity contribution in [1.82, 2.24) is 14.7 Å². The van der Waals surface area contributed by atoms with Gasteiger partial charge in [-0.25, -0.2) is 18.1 Å². The summed E-state index contributed by atoms with van der Waals surface area (Å²) in [5.74, 6) is 0. The number of aliphatic hydroxyl groups excluding tert-OH is 1. The lowest BCUT2D eigenvalue weighted by Gasteiger charge is -2.10. The van der Waals surface area contributed by atoms with Gasteiger partial charge in [-0.15, -0.1) is 0 Å². The molecule has 0 saturated carbocycles. The van der Waals surface area contributed by atoms with Gasteiger partial charge in [0.25, 0.3) is 0 Å². The molecule has 0 radical (unpaired) electrons. The number of aromatic nitrogens is 2. The molecule has 2 aromatic heterocycles. The van der Waals surface area contributed by atoms with Gasteiger partial charge in [-0.3, -0.25) is 0 Å². The molecular weight excluding hydrogens is 242 g/mol. The van der Waals surface area contributed by atoms with Crippen molar-refractivity contribution in [2.24, 2.45) is 0 Å². The highest BCUT2D eigenvalue weighted by Crippen LogP contribution is 2.20. The van der Waals surface area contributed by atoms with Crippen LogP contribution in [0.1, 0.15) is 6.92 Å². The first-order valence-electron chi connectivity index (χ1n) is 5.10. The summed E-state index contributed by atoms with van der Waals surface area (Å²) in [4.78, 5) is 6.95. The molecule has 92 valence electrons. The zero-order valence-corrected chi connectivity index (χ0v) is 10.0. The van der Waals surface area contributed by atoms with Gasteiger partial charge in [-0.2, -0.15) is 0 Å². The lowest BCUT2D eigenvalue weighted by molar-refractivity contribution is 0.265. The molecule has 0 spiro atoms. The Hall–Kier alpha value is -1.44. The number of H-pyrrole nitrogens is 1. The van der Waals surface area contributed by atoms with E-state index in [-0.39, 0.29) is 11.5 Å². The maximum Gasteiger partial charge on any atom is 0.243 e. The van der Waals surface area contributed by atoms with Gasteiger partial charge in [0.05, 0.1) is 6.61 Å². The predicted molar refractivity (Wildman–Crippen MR) is 63.0 cm³/mol. The van der Waals surface area contributed by atoms with Crippen molar-refractivity contribution in [2.45, 2.75) is 17.9 Å². The third-order valence-electron chi connectivity index (χ3n) is 2.33. The largest absolute Gasteiger partial charge is 0.395 e. The summed E-state index contributed by atoms with van der Waals surface area (Å²) in [6.07, 6.45) is 2.98. The molecule has 0 aliphatic rings. The van der Waals surface area contributed by atoms with E-state index in [1.54, 1.807) is 25.3 Å². The molecule has 2 aromatic rings. The van der Waals surface area contributed by atoms with E-state index in [0.717, 1.165) is 0 Å². The number of hydrogen-bond acceptors (Lipinski definition) is 4. The zero-order chi connectivity index (χ0) is 12.5. The van der Waals surface area contributed by atoms with Gasteiger partial charge in [0, 0.05) is 23.8 Å². The normalized spacial score (nSPS) is 14.0.